The van der Waals surface area contributed by atoms with Crippen LogP contribution in [0.3, 0.4) is 0 Å². The van der Waals surface area contributed by atoms with Crippen molar-refractivity contribution in [3.8, 4) is 0 Å². The van der Waals surface area contributed by atoms with Crippen LogP contribution in [0.4, 0.5) is 0 Å². The summed E-state index contributed by atoms with van der Waals surface area (Å²) in [5.74, 6) is 1.60. The van der Waals surface area contributed by atoms with E-state index in [4.69, 9.17) is 4.52 Å². The largest absolute Gasteiger partial charge is 0.337 e. The van der Waals surface area contributed by atoms with Gasteiger partial charge in [0.25, 0.3) is 0 Å². The summed E-state index contributed by atoms with van der Waals surface area (Å²) in [5.41, 5.74) is 0. The number of amides is 1. The van der Waals surface area contributed by atoms with Gasteiger partial charge in [-0.25, -0.2) is 0 Å². The molecule has 1 aliphatic heterocycles. The third-order valence-electron chi connectivity index (χ3n) is 3.16. The third-order valence-corrected chi connectivity index (χ3v) is 3.16. The highest BCUT2D eigenvalue weighted by atomic mass is 16.5. The molecule has 1 saturated heterocycles. The molecule has 18 heavy (non-hydrogen) atoms. The minimum absolute atomic E-state index is 0.0501. The average molecular weight is 252 g/mol. The second-order valence-corrected chi connectivity index (χ2v) is 4.92. The van der Waals surface area contributed by atoms with Gasteiger partial charge in [0.1, 0.15) is 6.04 Å². The fourth-order valence-corrected chi connectivity index (χ4v) is 2.19. The number of hydrogen-bond acceptors (Lipinski definition) is 5. The van der Waals surface area contributed by atoms with E-state index in [0.717, 1.165) is 19.4 Å². The lowest BCUT2D eigenvalue weighted by Crippen LogP contribution is -2.36. The maximum absolute atomic E-state index is 11.9. The van der Waals surface area contributed by atoms with Crippen molar-refractivity contribution in [1.29, 1.82) is 0 Å². The van der Waals surface area contributed by atoms with E-state index < -0.39 is 0 Å². The van der Waals surface area contributed by atoms with Crippen LogP contribution < -0.4 is 5.32 Å². The SMILES string of the molecule is CNCC(=O)N1CCC[C@@H]1c1nc(C(C)C)no1. The first-order valence-corrected chi connectivity index (χ1v) is 6.41. The number of nitrogens with one attached hydrogen (secondary N) is 1. The molecule has 2 heterocycles. The van der Waals surface area contributed by atoms with Gasteiger partial charge < -0.3 is 14.7 Å². The van der Waals surface area contributed by atoms with Crippen molar-refractivity contribution in [1.82, 2.24) is 20.4 Å². The van der Waals surface area contributed by atoms with Gasteiger partial charge in [-0.3, -0.25) is 4.79 Å². The molecule has 1 aromatic rings. The first kappa shape index (κ1) is 13.0. The van der Waals surface area contributed by atoms with Crippen LogP contribution in [0, 0.1) is 0 Å². The van der Waals surface area contributed by atoms with Crippen LogP contribution in [0.2, 0.25) is 0 Å². The number of hydrogen-bond donors (Lipinski definition) is 1. The average Bonchev–Trinajstić information content (AvgIpc) is 2.98. The predicted octanol–water partition coefficient (Wildman–Crippen LogP) is 1.08. The molecule has 100 valence electrons. The van der Waals surface area contributed by atoms with Gasteiger partial charge in [-0.15, -0.1) is 0 Å². The maximum Gasteiger partial charge on any atom is 0.249 e. The molecule has 0 saturated carbocycles. The Balaban J connectivity index is 2.12. The fraction of sp³-hybridized carbons (Fsp3) is 0.750. The molecule has 1 atom stereocenters. The van der Waals surface area contributed by atoms with Gasteiger partial charge in [0.15, 0.2) is 5.82 Å². The summed E-state index contributed by atoms with van der Waals surface area (Å²) in [7, 11) is 1.77. The molecule has 1 aliphatic rings. The van der Waals surface area contributed by atoms with Crippen LogP contribution in [0.25, 0.3) is 0 Å². The van der Waals surface area contributed by atoms with E-state index in [0.29, 0.717) is 18.3 Å². The van der Waals surface area contributed by atoms with Crippen LogP contribution in [0.1, 0.15) is 50.4 Å². The summed E-state index contributed by atoms with van der Waals surface area (Å²) in [4.78, 5) is 18.2. The zero-order valence-electron chi connectivity index (χ0n) is 11.1. The smallest absolute Gasteiger partial charge is 0.249 e. The Labute approximate surface area is 107 Å². The quantitative estimate of drug-likeness (QED) is 0.868. The number of aromatic nitrogens is 2. The summed E-state index contributed by atoms with van der Waals surface area (Å²) in [6.07, 6.45) is 1.88. The summed E-state index contributed by atoms with van der Waals surface area (Å²) < 4.78 is 5.29. The van der Waals surface area contributed by atoms with E-state index >= 15 is 0 Å². The van der Waals surface area contributed by atoms with Crippen molar-refractivity contribution in [3.05, 3.63) is 11.7 Å². The molecule has 0 aromatic carbocycles. The van der Waals surface area contributed by atoms with Crippen LogP contribution in [-0.2, 0) is 4.79 Å². The summed E-state index contributed by atoms with van der Waals surface area (Å²) in [6, 6.07) is -0.0501. The molecule has 0 unspecified atom stereocenters. The molecule has 0 aliphatic carbocycles. The molecule has 0 radical (unpaired) electrons. The highest BCUT2D eigenvalue weighted by Gasteiger charge is 2.33. The lowest BCUT2D eigenvalue weighted by molar-refractivity contribution is -0.131. The third kappa shape index (κ3) is 2.53. The lowest BCUT2D eigenvalue weighted by atomic mass is 10.2. The van der Waals surface area contributed by atoms with Crippen LogP contribution in [0.5, 0.6) is 0 Å². The summed E-state index contributed by atoms with van der Waals surface area (Å²) in [6.45, 7) is 5.16. The predicted molar refractivity (Wildman–Crippen MR) is 66.0 cm³/mol. The van der Waals surface area contributed by atoms with Gasteiger partial charge in [0, 0.05) is 12.5 Å². The number of nitrogens with zero attached hydrogens (tertiary/aromatic N) is 3. The molecular formula is C12H20N4O2. The number of likely N-dealkylation sites (N-methyl/N-ethyl adjacent to an activating group) is 1. The maximum atomic E-state index is 11.9. The Kier molecular flexibility index (Phi) is 3.96. The van der Waals surface area contributed by atoms with Crippen molar-refractivity contribution in [2.24, 2.45) is 0 Å². The first-order chi connectivity index (χ1) is 8.63. The van der Waals surface area contributed by atoms with Crippen LogP contribution >= 0.6 is 0 Å². The number of likely N-dealkylation sites (tertiary alicyclic amines) is 1. The second kappa shape index (κ2) is 5.48. The molecule has 6 heteroatoms. The molecule has 6 nitrogen and oxygen atoms in total. The molecule has 0 bridgehead atoms. The first-order valence-electron chi connectivity index (χ1n) is 6.41. The normalized spacial score (nSPS) is 19.8. The standard InChI is InChI=1S/C12H20N4O2/c1-8(2)11-14-12(18-15-11)9-5-4-6-16(9)10(17)7-13-3/h8-9,13H,4-7H2,1-3H3/t9-/m1/s1. The monoisotopic (exact) mass is 252 g/mol. The van der Waals surface area contributed by atoms with Gasteiger partial charge in [-0.05, 0) is 19.9 Å². The molecule has 1 amide bonds. The van der Waals surface area contributed by atoms with E-state index in [9.17, 15) is 4.79 Å². The second-order valence-electron chi connectivity index (χ2n) is 4.92. The van der Waals surface area contributed by atoms with E-state index in [1.165, 1.54) is 0 Å². The van der Waals surface area contributed by atoms with E-state index in [1.807, 2.05) is 18.7 Å². The van der Waals surface area contributed by atoms with Crippen LogP contribution in [-0.4, -0.2) is 41.1 Å². The molecule has 1 aromatic heterocycles. The van der Waals surface area contributed by atoms with Gasteiger partial charge in [-0.1, -0.05) is 19.0 Å². The Bertz CT molecular complexity index is 416. The van der Waals surface area contributed by atoms with Gasteiger partial charge in [0.2, 0.25) is 11.8 Å². The van der Waals surface area contributed by atoms with Gasteiger partial charge in [0.05, 0.1) is 6.54 Å². The topological polar surface area (TPSA) is 71.3 Å². The van der Waals surface area contributed by atoms with E-state index in [2.05, 4.69) is 15.5 Å². The Morgan fingerprint density at radius 1 is 1.61 bits per heavy atom. The molecule has 1 fully saturated rings. The zero-order valence-corrected chi connectivity index (χ0v) is 11.1. The van der Waals surface area contributed by atoms with E-state index in [1.54, 1.807) is 7.05 Å². The summed E-state index contributed by atoms with van der Waals surface area (Å²) in [5, 5.41) is 6.84. The number of carbonyl (C=O) groups excluding carboxylic acids is 1. The number of carbonyl (C=O) groups is 1. The molecule has 2 rings (SSSR count). The van der Waals surface area contributed by atoms with Crippen molar-refractivity contribution >= 4 is 5.91 Å². The van der Waals surface area contributed by atoms with Crippen molar-refractivity contribution < 1.29 is 9.32 Å². The highest BCUT2D eigenvalue weighted by Crippen LogP contribution is 2.31. The minimum Gasteiger partial charge on any atom is -0.337 e. The van der Waals surface area contributed by atoms with Gasteiger partial charge >= 0.3 is 0 Å². The Hall–Kier alpha value is -1.43. The number of rotatable bonds is 4. The van der Waals surface area contributed by atoms with E-state index in [-0.39, 0.29) is 17.9 Å². The van der Waals surface area contributed by atoms with Crippen molar-refractivity contribution in [3.63, 3.8) is 0 Å². The zero-order chi connectivity index (χ0) is 13.1. The van der Waals surface area contributed by atoms with Crippen molar-refractivity contribution in [2.75, 3.05) is 20.1 Å². The van der Waals surface area contributed by atoms with Crippen molar-refractivity contribution in [2.45, 2.75) is 38.6 Å². The summed E-state index contributed by atoms with van der Waals surface area (Å²) >= 11 is 0. The molecule has 0 spiro atoms. The molecular weight excluding hydrogens is 232 g/mol. The highest BCUT2D eigenvalue weighted by molar-refractivity contribution is 5.78. The fourth-order valence-electron chi connectivity index (χ4n) is 2.19. The minimum atomic E-state index is -0.0501. The molecule has 1 N–H and O–H groups in total. The Morgan fingerprint density at radius 2 is 2.39 bits per heavy atom. The van der Waals surface area contributed by atoms with Crippen LogP contribution in [0.15, 0.2) is 4.52 Å². The Morgan fingerprint density at radius 3 is 3.00 bits per heavy atom. The lowest BCUT2D eigenvalue weighted by Gasteiger charge is -2.21. The van der Waals surface area contributed by atoms with Gasteiger partial charge in [-0.2, -0.15) is 4.98 Å².